The molecule has 1 amide bonds. The van der Waals surface area contributed by atoms with Gasteiger partial charge in [0, 0.05) is 24.4 Å². The van der Waals surface area contributed by atoms with Crippen molar-refractivity contribution in [3.8, 4) is 0 Å². The van der Waals surface area contributed by atoms with Crippen molar-refractivity contribution in [3.05, 3.63) is 34.9 Å². The largest absolute Gasteiger partial charge is 0.359 e. The highest BCUT2D eigenvalue weighted by molar-refractivity contribution is 7.84. The summed E-state index contributed by atoms with van der Waals surface area (Å²) in [4.78, 5) is 11.4. The molecule has 106 valence electrons. The van der Waals surface area contributed by atoms with Gasteiger partial charge in [-0.2, -0.15) is 8.42 Å². The zero-order valence-corrected chi connectivity index (χ0v) is 11.9. The lowest BCUT2D eigenvalue weighted by Gasteiger charge is -2.16. The Morgan fingerprint density at radius 3 is 2.74 bits per heavy atom. The molecule has 1 aromatic rings. The maximum atomic E-state index is 11.4. The number of benzene rings is 1. The quantitative estimate of drug-likeness (QED) is 0.811. The molecule has 1 rings (SSSR count). The van der Waals surface area contributed by atoms with E-state index >= 15 is 0 Å². The van der Waals surface area contributed by atoms with E-state index in [1.54, 1.807) is 24.3 Å². The lowest BCUT2D eigenvalue weighted by molar-refractivity contribution is -0.121. The number of carbonyl (C=O) groups is 1. The van der Waals surface area contributed by atoms with E-state index in [0.717, 1.165) is 0 Å². The van der Waals surface area contributed by atoms with Gasteiger partial charge < -0.3 is 5.32 Å². The van der Waals surface area contributed by atoms with Crippen molar-refractivity contribution >= 4 is 27.8 Å². The molecular weight excluding hydrogens is 292 g/mol. The second-order valence-electron chi connectivity index (χ2n) is 3.91. The van der Waals surface area contributed by atoms with Crippen LogP contribution in [0.15, 0.2) is 24.3 Å². The van der Waals surface area contributed by atoms with Crippen molar-refractivity contribution in [1.82, 2.24) is 5.32 Å². The fourth-order valence-electron chi connectivity index (χ4n) is 1.54. The highest BCUT2D eigenvalue weighted by Crippen LogP contribution is 2.23. The van der Waals surface area contributed by atoms with Gasteiger partial charge in [0.25, 0.3) is 0 Å². The lowest BCUT2D eigenvalue weighted by atomic mass is 9.96. The van der Waals surface area contributed by atoms with Crippen molar-refractivity contribution in [3.63, 3.8) is 0 Å². The minimum absolute atomic E-state index is 0.0758. The topological polar surface area (TPSA) is 98.5 Å². The van der Waals surface area contributed by atoms with Crippen molar-refractivity contribution in [2.24, 2.45) is 5.14 Å². The van der Waals surface area contributed by atoms with E-state index in [2.05, 4.69) is 9.50 Å². The van der Waals surface area contributed by atoms with Crippen LogP contribution in [0.4, 0.5) is 0 Å². The number of carbonyl (C=O) groups excluding carboxylic acids is 1. The Morgan fingerprint density at radius 2 is 2.21 bits per heavy atom. The molecule has 0 aliphatic rings. The van der Waals surface area contributed by atoms with Gasteiger partial charge in [0.1, 0.15) is 0 Å². The molecule has 1 aromatic carbocycles. The monoisotopic (exact) mass is 306 g/mol. The molecule has 6 nitrogen and oxygen atoms in total. The highest BCUT2D eigenvalue weighted by Gasteiger charge is 2.18. The summed E-state index contributed by atoms with van der Waals surface area (Å²) in [6.45, 7) is -0.216. The van der Waals surface area contributed by atoms with Gasteiger partial charge in [-0.1, -0.05) is 23.7 Å². The zero-order chi connectivity index (χ0) is 14.5. The number of hydrogen-bond acceptors (Lipinski definition) is 4. The highest BCUT2D eigenvalue weighted by atomic mass is 35.5. The maximum Gasteiger partial charge on any atom is 0.333 e. The van der Waals surface area contributed by atoms with Gasteiger partial charge in [-0.25, -0.2) is 5.14 Å². The molecule has 0 aromatic heterocycles. The lowest BCUT2D eigenvalue weighted by Crippen LogP contribution is -2.25. The van der Waals surface area contributed by atoms with Gasteiger partial charge >= 0.3 is 10.3 Å². The summed E-state index contributed by atoms with van der Waals surface area (Å²) in [7, 11) is -2.55. The molecule has 19 heavy (non-hydrogen) atoms. The molecule has 0 bridgehead atoms. The maximum absolute atomic E-state index is 11.4. The van der Waals surface area contributed by atoms with Crippen LogP contribution in [0.25, 0.3) is 0 Å². The first kappa shape index (κ1) is 15.9. The molecule has 1 atom stereocenters. The molecule has 0 aliphatic carbocycles. The first-order valence-corrected chi connectivity index (χ1v) is 7.30. The fourth-order valence-corrected chi connectivity index (χ4v) is 2.09. The van der Waals surface area contributed by atoms with Crippen LogP contribution in [0.3, 0.4) is 0 Å². The van der Waals surface area contributed by atoms with E-state index in [4.69, 9.17) is 16.7 Å². The summed E-state index contributed by atoms with van der Waals surface area (Å²) in [6.07, 6.45) is 0.0758. The smallest absolute Gasteiger partial charge is 0.333 e. The number of nitrogens with two attached hydrogens (primary N) is 1. The molecule has 0 aliphatic heterocycles. The Labute approximate surface area is 117 Å². The van der Waals surface area contributed by atoms with Gasteiger partial charge in [-0.3, -0.25) is 8.98 Å². The van der Waals surface area contributed by atoms with Crippen LogP contribution in [-0.2, 0) is 19.3 Å². The Bertz CT molecular complexity index is 547. The Morgan fingerprint density at radius 1 is 1.53 bits per heavy atom. The van der Waals surface area contributed by atoms with Crippen LogP contribution < -0.4 is 10.5 Å². The van der Waals surface area contributed by atoms with E-state index in [-0.39, 0.29) is 18.9 Å². The summed E-state index contributed by atoms with van der Waals surface area (Å²) in [5.74, 6) is -0.681. The van der Waals surface area contributed by atoms with Gasteiger partial charge in [-0.05, 0) is 17.7 Å². The predicted molar refractivity (Wildman–Crippen MR) is 71.9 cm³/mol. The molecule has 0 heterocycles. The van der Waals surface area contributed by atoms with Gasteiger partial charge in [0.05, 0.1) is 6.61 Å². The van der Waals surface area contributed by atoms with Gasteiger partial charge in [0.15, 0.2) is 0 Å². The molecule has 0 radical (unpaired) electrons. The van der Waals surface area contributed by atoms with Crippen molar-refractivity contribution < 1.29 is 17.4 Å². The van der Waals surface area contributed by atoms with Crippen molar-refractivity contribution in [1.29, 1.82) is 0 Å². The predicted octanol–water partition coefficient (Wildman–Crippen LogP) is 0.780. The van der Waals surface area contributed by atoms with E-state index in [1.807, 2.05) is 0 Å². The third kappa shape index (κ3) is 6.02. The molecule has 0 fully saturated rings. The van der Waals surface area contributed by atoms with E-state index < -0.39 is 16.2 Å². The number of hydrogen-bond donors (Lipinski definition) is 2. The van der Waals surface area contributed by atoms with Crippen LogP contribution in [0, 0.1) is 0 Å². The minimum atomic E-state index is -4.04. The third-order valence-corrected chi connectivity index (χ3v) is 3.16. The number of nitrogens with one attached hydrogen (secondary N) is 1. The van der Waals surface area contributed by atoms with Crippen LogP contribution in [0.5, 0.6) is 0 Å². The second kappa shape index (κ2) is 6.85. The summed E-state index contributed by atoms with van der Waals surface area (Å²) >= 11 is 5.87. The van der Waals surface area contributed by atoms with E-state index in [0.29, 0.717) is 10.6 Å². The molecule has 0 unspecified atom stereocenters. The van der Waals surface area contributed by atoms with Crippen LogP contribution >= 0.6 is 11.6 Å². The Kier molecular flexibility index (Phi) is 5.74. The fraction of sp³-hybridized carbons (Fsp3) is 0.364. The molecule has 0 saturated heterocycles. The normalized spacial score (nSPS) is 13.0. The van der Waals surface area contributed by atoms with Crippen LogP contribution in [-0.4, -0.2) is 28.0 Å². The Balaban J connectivity index is 2.88. The van der Waals surface area contributed by atoms with Crippen LogP contribution in [0.1, 0.15) is 17.9 Å². The molecule has 0 spiro atoms. The van der Waals surface area contributed by atoms with Gasteiger partial charge in [-0.15, -0.1) is 0 Å². The first-order valence-electron chi connectivity index (χ1n) is 5.45. The molecule has 3 N–H and O–H groups in total. The standard InChI is InChI=1S/C11H15ClN2O4S/c1-14-11(15)6-9(7-18-19(13,16)17)8-3-2-4-10(12)5-8/h2-5,9H,6-7H2,1H3,(H,14,15)(H2,13,16,17)/t9-/m0/s1. The second-order valence-corrected chi connectivity index (χ2v) is 5.56. The number of halogens is 1. The average molecular weight is 307 g/mol. The van der Waals surface area contributed by atoms with Crippen molar-refractivity contribution in [2.75, 3.05) is 13.7 Å². The first-order chi connectivity index (χ1) is 8.81. The molecular formula is C11H15ClN2O4S. The van der Waals surface area contributed by atoms with Crippen LogP contribution in [0.2, 0.25) is 5.02 Å². The number of amides is 1. The molecule has 0 saturated carbocycles. The van der Waals surface area contributed by atoms with Crippen molar-refractivity contribution in [2.45, 2.75) is 12.3 Å². The third-order valence-electron chi connectivity index (χ3n) is 2.46. The summed E-state index contributed by atoms with van der Waals surface area (Å²) in [5.41, 5.74) is 0.708. The summed E-state index contributed by atoms with van der Waals surface area (Å²) < 4.78 is 26.2. The SMILES string of the molecule is CNC(=O)C[C@@H](COS(N)(=O)=O)c1cccc(Cl)c1. The number of rotatable bonds is 6. The summed E-state index contributed by atoms with van der Waals surface area (Å²) in [6, 6.07) is 6.79. The van der Waals surface area contributed by atoms with E-state index in [1.165, 1.54) is 7.05 Å². The zero-order valence-electron chi connectivity index (χ0n) is 10.3. The summed E-state index contributed by atoms with van der Waals surface area (Å²) in [5, 5.41) is 7.74. The van der Waals surface area contributed by atoms with Gasteiger partial charge in [0.2, 0.25) is 5.91 Å². The minimum Gasteiger partial charge on any atom is -0.359 e. The average Bonchev–Trinajstić information content (AvgIpc) is 2.33. The Hall–Kier alpha value is -1.15. The molecule has 8 heteroatoms. The van der Waals surface area contributed by atoms with E-state index in [9.17, 15) is 13.2 Å².